The van der Waals surface area contributed by atoms with Crippen molar-refractivity contribution in [2.75, 3.05) is 0 Å². The molecule has 6 heteroatoms. The number of halogens is 1. The van der Waals surface area contributed by atoms with Gasteiger partial charge in [0, 0.05) is 11.1 Å². The summed E-state index contributed by atoms with van der Waals surface area (Å²) in [4.78, 5) is 14.8. The Morgan fingerprint density at radius 2 is 2.00 bits per heavy atom. The quantitative estimate of drug-likeness (QED) is 0.522. The summed E-state index contributed by atoms with van der Waals surface area (Å²) >= 11 is 5.88. The summed E-state index contributed by atoms with van der Waals surface area (Å²) in [5.74, 6) is 0.190. The zero-order valence-electron chi connectivity index (χ0n) is 9.54. The minimum atomic E-state index is -0.486. The van der Waals surface area contributed by atoms with Crippen LogP contribution in [0, 0.1) is 10.1 Å². The highest BCUT2D eigenvalue weighted by molar-refractivity contribution is 6.31. The fraction of sp³-hybridized carbons (Fsp3) is 0. The first kappa shape index (κ1) is 11.7. The van der Waals surface area contributed by atoms with Crippen LogP contribution in [0.3, 0.4) is 0 Å². The lowest BCUT2D eigenvalue weighted by atomic mass is 10.2. The molecule has 3 rings (SSSR count). The summed E-state index contributed by atoms with van der Waals surface area (Å²) in [7, 11) is 0. The molecule has 0 atom stereocenters. The molecule has 0 unspecified atom stereocenters. The van der Waals surface area contributed by atoms with Gasteiger partial charge in [-0.3, -0.25) is 10.1 Å². The van der Waals surface area contributed by atoms with Crippen molar-refractivity contribution in [2.24, 2.45) is 0 Å². The van der Waals surface area contributed by atoms with Gasteiger partial charge >= 0.3 is 0 Å². The van der Waals surface area contributed by atoms with E-state index in [1.165, 1.54) is 18.2 Å². The van der Waals surface area contributed by atoms with Gasteiger partial charge < -0.3 is 4.42 Å². The van der Waals surface area contributed by atoms with Gasteiger partial charge in [-0.1, -0.05) is 23.7 Å². The molecule has 19 heavy (non-hydrogen) atoms. The second kappa shape index (κ2) is 4.37. The van der Waals surface area contributed by atoms with Crippen LogP contribution in [0.2, 0.25) is 5.02 Å². The average Bonchev–Trinajstić information content (AvgIpc) is 2.81. The summed E-state index contributed by atoms with van der Waals surface area (Å²) in [6, 6.07) is 11.4. The number of benzene rings is 2. The lowest BCUT2D eigenvalue weighted by Crippen LogP contribution is -1.91. The molecule has 0 aliphatic heterocycles. The number of hydrogen-bond donors (Lipinski definition) is 0. The van der Waals surface area contributed by atoms with Crippen molar-refractivity contribution in [2.45, 2.75) is 0 Å². The Morgan fingerprint density at radius 3 is 2.74 bits per heavy atom. The van der Waals surface area contributed by atoms with Crippen molar-refractivity contribution in [3.8, 4) is 11.5 Å². The number of para-hydroxylation sites is 2. The molecule has 1 heterocycles. The number of nitro groups is 1. The van der Waals surface area contributed by atoms with Gasteiger partial charge in [-0.25, -0.2) is 4.98 Å². The van der Waals surface area contributed by atoms with Crippen molar-refractivity contribution >= 4 is 28.4 Å². The Bertz CT molecular complexity index is 749. The van der Waals surface area contributed by atoms with E-state index in [1.54, 1.807) is 12.1 Å². The van der Waals surface area contributed by atoms with E-state index >= 15 is 0 Å². The molecule has 0 saturated carbocycles. The number of nitrogens with zero attached hydrogens (tertiary/aromatic N) is 2. The number of rotatable bonds is 2. The van der Waals surface area contributed by atoms with Crippen molar-refractivity contribution in [1.82, 2.24) is 4.98 Å². The molecule has 5 nitrogen and oxygen atoms in total. The van der Waals surface area contributed by atoms with Crippen LogP contribution >= 0.6 is 11.6 Å². The Hall–Kier alpha value is -2.40. The second-order valence-electron chi connectivity index (χ2n) is 3.91. The number of fused-ring (bicyclic) bond motifs is 1. The molecule has 1 aromatic heterocycles. The number of oxazole rings is 1. The fourth-order valence-corrected chi connectivity index (χ4v) is 2.00. The molecule has 0 radical (unpaired) electrons. The van der Waals surface area contributed by atoms with Gasteiger partial charge in [0.1, 0.15) is 11.1 Å². The van der Waals surface area contributed by atoms with Gasteiger partial charge in [0.25, 0.3) is 5.69 Å². The van der Waals surface area contributed by atoms with Crippen LogP contribution in [-0.4, -0.2) is 9.91 Å². The Kier molecular flexibility index (Phi) is 2.68. The predicted molar refractivity (Wildman–Crippen MR) is 71.1 cm³/mol. The molecule has 0 N–H and O–H groups in total. The van der Waals surface area contributed by atoms with Gasteiger partial charge in [0.05, 0.1) is 4.92 Å². The van der Waals surface area contributed by atoms with E-state index in [4.69, 9.17) is 16.0 Å². The summed E-state index contributed by atoms with van der Waals surface area (Å²) in [6.07, 6.45) is 0. The summed E-state index contributed by atoms with van der Waals surface area (Å²) in [6.45, 7) is 0. The summed E-state index contributed by atoms with van der Waals surface area (Å²) < 4.78 is 5.53. The predicted octanol–water partition coefficient (Wildman–Crippen LogP) is 4.06. The minimum Gasteiger partial charge on any atom is -0.436 e. The van der Waals surface area contributed by atoms with Crippen LogP contribution in [0.1, 0.15) is 0 Å². The lowest BCUT2D eigenvalue weighted by molar-refractivity contribution is -0.384. The van der Waals surface area contributed by atoms with E-state index in [2.05, 4.69) is 4.98 Å². The summed E-state index contributed by atoms with van der Waals surface area (Å²) in [5.41, 5.74) is 1.41. The van der Waals surface area contributed by atoms with E-state index in [0.29, 0.717) is 16.1 Å². The smallest absolute Gasteiger partial charge is 0.282 e. The molecular formula is C13H7ClN2O3. The minimum absolute atomic E-state index is 0.0871. The average molecular weight is 275 g/mol. The standard InChI is InChI=1S/C13H7ClN2O3/c14-8-5-6-11(16(17)18)9(7-8)13-15-10-3-1-2-4-12(10)19-13/h1-7H. The van der Waals surface area contributed by atoms with Crippen LogP contribution in [0.5, 0.6) is 0 Å². The molecule has 0 amide bonds. The van der Waals surface area contributed by atoms with E-state index in [9.17, 15) is 10.1 Å². The van der Waals surface area contributed by atoms with Crippen molar-refractivity contribution in [3.63, 3.8) is 0 Å². The third-order valence-electron chi connectivity index (χ3n) is 2.68. The third-order valence-corrected chi connectivity index (χ3v) is 2.91. The first-order valence-corrected chi connectivity index (χ1v) is 5.83. The van der Waals surface area contributed by atoms with Gasteiger partial charge in [-0.15, -0.1) is 0 Å². The molecule has 0 saturated heterocycles. The number of nitro benzene ring substituents is 1. The highest BCUT2D eigenvalue weighted by Gasteiger charge is 2.20. The first-order chi connectivity index (χ1) is 9.15. The molecule has 0 bridgehead atoms. The van der Waals surface area contributed by atoms with E-state index in [-0.39, 0.29) is 17.1 Å². The zero-order chi connectivity index (χ0) is 13.4. The Morgan fingerprint density at radius 1 is 1.21 bits per heavy atom. The van der Waals surface area contributed by atoms with E-state index in [1.807, 2.05) is 12.1 Å². The number of aromatic nitrogens is 1. The lowest BCUT2D eigenvalue weighted by Gasteiger charge is -1.98. The molecule has 0 spiro atoms. The Balaban J connectivity index is 2.25. The molecule has 0 fully saturated rings. The van der Waals surface area contributed by atoms with E-state index < -0.39 is 4.92 Å². The molecule has 0 aliphatic rings. The molecule has 94 valence electrons. The van der Waals surface area contributed by atoms with Crippen molar-refractivity contribution in [1.29, 1.82) is 0 Å². The first-order valence-electron chi connectivity index (χ1n) is 5.45. The largest absolute Gasteiger partial charge is 0.436 e. The Labute approximate surface area is 112 Å². The normalized spacial score (nSPS) is 10.8. The monoisotopic (exact) mass is 274 g/mol. The highest BCUT2D eigenvalue weighted by atomic mass is 35.5. The van der Waals surface area contributed by atoms with Gasteiger partial charge in [0.15, 0.2) is 5.58 Å². The highest BCUT2D eigenvalue weighted by Crippen LogP contribution is 2.33. The van der Waals surface area contributed by atoms with Crippen molar-refractivity contribution in [3.05, 3.63) is 57.6 Å². The SMILES string of the molecule is O=[N+]([O-])c1ccc(Cl)cc1-c1nc2ccccc2o1. The molecule has 0 aliphatic carbocycles. The van der Waals surface area contributed by atoms with Gasteiger partial charge in [-0.05, 0) is 24.3 Å². The fourth-order valence-electron chi connectivity index (χ4n) is 1.83. The third kappa shape index (κ3) is 2.04. The van der Waals surface area contributed by atoms with Crippen LogP contribution in [-0.2, 0) is 0 Å². The van der Waals surface area contributed by atoms with Crippen molar-refractivity contribution < 1.29 is 9.34 Å². The van der Waals surface area contributed by atoms with Crippen LogP contribution in [0.4, 0.5) is 5.69 Å². The van der Waals surface area contributed by atoms with Crippen LogP contribution in [0.15, 0.2) is 46.9 Å². The van der Waals surface area contributed by atoms with Crippen LogP contribution < -0.4 is 0 Å². The molecule has 2 aromatic carbocycles. The van der Waals surface area contributed by atoms with E-state index in [0.717, 1.165) is 0 Å². The molecule has 3 aromatic rings. The topological polar surface area (TPSA) is 69.2 Å². The number of hydrogen-bond acceptors (Lipinski definition) is 4. The van der Waals surface area contributed by atoms with Gasteiger partial charge in [0.2, 0.25) is 5.89 Å². The maximum absolute atomic E-state index is 11.0. The van der Waals surface area contributed by atoms with Gasteiger partial charge in [-0.2, -0.15) is 0 Å². The maximum atomic E-state index is 11.0. The van der Waals surface area contributed by atoms with Crippen LogP contribution in [0.25, 0.3) is 22.6 Å². The molecular weight excluding hydrogens is 268 g/mol. The summed E-state index contributed by atoms with van der Waals surface area (Å²) in [5, 5.41) is 11.4. The zero-order valence-corrected chi connectivity index (χ0v) is 10.3. The maximum Gasteiger partial charge on any atom is 0.282 e. The second-order valence-corrected chi connectivity index (χ2v) is 4.34.